The topological polar surface area (TPSA) is 77.9 Å². The largest absolute Gasteiger partial charge is 0.450 e. The van der Waals surface area contributed by atoms with Gasteiger partial charge in [0.1, 0.15) is 6.23 Å². The molecule has 0 radical (unpaired) electrons. The van der Waals surface area contributed by atoms with Gasteiger partial charge in [-0.3, -0.25) is 9.88 Å². The number of hydrogen-bond acceptors (Lipinski definition) is 6. The number of aliphatic hydroxyl groups is 1. The number of aliphatic hydroxyl groups excluding tert-OH is 1. The highest BCUT2D eigenvalue weighted by Crippen LogP contribution is 2.48. The first-order chi connectivity index (χ1) is 13.1. The Morgan fingerprint density at radius 3 is 2.93 bits per heavy atom. The summed E-state index contributed by atoms with van der Waals surface area (Å²) in [5.74, 6) is 0. The van der Waals surface area contributed by atoms with E-state index in [9.17, 15) is 9.90 Å². The van der Waals surface area contributed by atoms with Crippen LogP contribution in [0.25, 0.3) is 0 Å². The summed E-state index contributed by atoms with van der Waals surface area (Å²) in [7, 11) is 0. The molecule has 2 fully saturated rings. The van der Waals surface area contributed by atoms with Crippen LogP contribution in [0.2, 0.25) is 0 Å². The van der Waals surface area contributed by atoms with Gasteiger partial charge in [0.25, 0.3) is 0 Å². The first-order valence-electron chi connectivity index (χ1n) is 10.2. The molecular weight excluding hydrogens is 344 g/mol. The summed E-state index contributed by atoms with van der Waals surface area (Å²) in [5.41, 5.74) is 1.75. The number of nitrogens with zero attached hydrogens (tertiary/aromatic N) is 3. The van der Waals surface area contributed by atoms with Crippen molar-refractivity contribution in [2.75, 3.05) is 38.1 Å². The lowest BCUT2D eigenvalue weighted by Gasteiger charge is -2.42. The van der Waals surface area contributed by atoms with E-state index in [1.807, 2.05) is 30.2 Å². The van der Waals surface area contributed by atoms with Crippen LogP contribution >= 0.6 is 0 Å². The Morgan fingerprint density at radius 1 is 1.33 bits per heavy atom. The summed E-state index contributed by atoms with van der Waals surface area (Å²) in [5, 5.41) is 13.9. The van der Waals surface area contributed by atoms with Crippen LogP contribution in [-0.2, 0) is 10.2 Å². The minimum absolute atomic E-state index is 0.190. The molecule has 1 aliphatic carbocycles. The normalized spacial score (nSPS) is 31.3. The molecule has 7 nitrogen and oxygen atoms in total. The molecule has 1 aromatic heterocycles. The molecule has 1 atom stereocenters. The van der Waals surface area contributed by atoms with Gasteiger partial charge in [0.05, 0.1) is 23.4 Å². The Balaban J connectivity index is 1.38. The smallest absolute Gasteiger partial charge is 0.409 e. The van der Waals surface area contributed by atoms with Crippen LogP contribution in [0.1, 0.15) is 44.7 Å². The number of rotatable bonds is 2. The van der Waals surface area contributed by atoms with Crippen molar-refractivity contribution in [1.82, 2.24) is 14.8 Å². The highest BCUT2D eigenvalue weighted by Gasteiger charge is 2.50. The SMILES string of the molecule is CCOC(=O)N1CCCN(C2CCC3(CC2)c2ncccc2NC3O)CC1. The third kappa shape index (κ3) is 3.38. The number of aromatic nitrogens is 1. The van der Waals surface area contributed by atoms with E-state index in [1.165, 1.54) is 0 Å². The molecule has 27 heavy (non-hydrogen) atoms. The first-order valence-corrected chi connectivity index (χ1v) is 10.2. The lowest BCUT2D eigenvalue weighted by molar-refractivity contribution is 0.0513. The minimum Gasteiger partial charge on any atom is -0.450 e. The Kier molecular flexibility index (Phi) is 5.23. The van der Waals surface area contributed by atoms with Crippen molar-refractivity contribution >= 4 is 11.8 Å². The van der Waals surface area contributed by atoms with Crippen molar-refractivity contribution in [2.45, 2.75) is 56.7 Å². The maximum Gasteiger partial charge on any atom is 0.409 e. The van der Waals surface area contributed by atoms with Gasteiger partial charge in [0.15, 0.2) is 0 Å². The van der Waals surface area contributed by atoms with Crippen LogP contribution in [0.3, 0.4) is 0 Å². The first kappa shape index (κ1) is 18.5. The Labute approximate surface area is 160 Å². The summed E-state index contributed by atoms with van der Waals surface area (Å²) in [4.78, 5) is 21.0. The summed E-state index contributed by atoms with van der Waals surface area (Å²) in [6.07, 6.45) is 6.04. The van der Waals surface area contributed by atoms with Crippen molar-refractivity contribution < 1.29 is 14.6 Å². The van der Waals surface area contributed by atoms with Gasteiger partial charge in [-0.25, -0.2) is 4.79 Å². The zero-order valence-corrected chi connectivity index (χ0v) is 16.1. The number of pyridine rings is 1. The fourth-order valence-electron chi connectivity index (χ4n) is 5.03. The molecule has 1 saturated heterocycles. The maximum absolute atomic E-state index is 12.0. The van der Waals surface area contributed by atoms with E-state index in [0.29, 0.717) is 12.6 Å². The molecule has 0 aromatic carbocycles. The van der Waals surface area contributed by atoms with Gasteiger partial charge in [-0.05, 0) is 51.2 Å². The molecular formula is C20H30N4O3. The molecule has 4 rings (SSSR count). The number of ether oxygens (including phenoxy) is 1. The standard InChI is InChI=1S/C20H30N4O3/c1-2-27-19(26)24-12-4-11-23(13-14-24)15-6-8-20(9-7-15)17-16(22-18(20)25)5-3-10-21-17/h3,5,10,15,18,22,25H,2,4,6-9,11-14H2,1H3. The van der Waals surface area contributed by atoms with Crippen molar-refractivity contribution in [2.24, 2.45) is 0 Å². The minimum atomic E-state index is -0.549. The monoisotopic (exact) mass is 374 g/mol. The third-order valence-electron chi connectivity index (χ3n) is 6.52. The van der Waals surface area contributed by atoms with Crippen LogP contribution in [0.5, 0.6) is 0 Å². The number of nitrogens with one attached hydrogen (secondary N) is 1. The summed E-state index contributed by atoms with van der Waals surface area (Å²) in [6.45, 7) is 5.69. The van der Waals surface area contributed by atoms with Crippen molar-refractivity contribution in [1.29, 1.82) is 0 Å². The van der Waals surface area contributed by atoms with Gasteiger partial charge in [-0.1, -0.05) is 0 Å². The third-order valence-corrected chi connectivity index (χ3v) is 6.52. The lowest BCUT2D eigenvalue weighted by Crippen LogP contribution is -2.48. The van der Waals surface area contributed by atoms with E-state index in [4.69, 9.17) is 4.74 Å². The molecule has 1 amide bonds. The zero-order chi connectivity index (χ0) is 18.9. The Bertz CT molecular complexity index is 675. The van der Waals surface area contributed by atoms with E-state index in [-0.39, 0.29) is 11.5 Å². The van der Waals surface area contributed by atoms with Crippen molar-refractivity contribution in [3.63, 3.8) is 0 Å². The number of fused-ring (bicyclic) bond motifs is 2. The number of anilines is 1. The van der Waals surface area contributed by atoms with Gasteiger partial charge < -0.3 is 20.1 Å². The average molecular weight is 374 g/mol. The fraction of sp³-hybridized carbons (Fsp3) is 0.700. The number of carbonyl (C=O) groups is 1. The average Bonchev–Trinajstić information content (AvgIpc) is 2.84. The maximum atomic E-state index is 12.0. The summed E-state index contributed by atoms with van der Waals surface area (Å²) < 4.78 is 5.15. The van der Waals surface area contributed by atoms with E-state index in [1.54, 1.807) is 0 Å². The predicted molar refractivity (Wildman–Crippen MR) is 103 cm³/mol. The van der Waals surface area contributed by atoms with Gasteiger partial charge in [-0.15, -0.1) is 0 Å². The van der Waals surface area contributed by atoms with E-state index in [2.05, 4.69) is 15.2 Å². The highest BCUT2D eigenvalue weighted by atomic mass is 16.6. The van der Waals surface area contributed by atoms with Gasteiger partial charge in [0, 0.05) is 38.4 Å². The molecule has 3 aliphatic rings. The summed E-state index contributed by atoms with van der Waals surface area (Å²) in [6, 6.07) is 4.43. The van der Waals surface area contributed by atoms with Gasteiger partial charge in [0.2, 0.25) is 0 Å². The molecule has 0 bridgehead atoms. The van der Waals surface area contributed by atoms with Crippen LogP contribution in [0.15, 0.2) is 18.3 Å². The quantitative estimate of drug-likeness (QED) is 0.826. The van der Waals surface area contributed by atoms with E-state index < -0.39 is 6.23 Å². The predicted octanol–water partition coefficient (Wildman–Crippen LogP) is 2.17. The molecule has 1 aromatic rings. The van der Waals surface area contributed by atoms with E-state index in [0.717, 1.165) is 69.7 Å². The van der Waals surface area contributed by atoms with Gasteiger partial charge in [-0.2, -0.15) is 0 Å². The molecule has 1 unspecified atom stereocenters. The fourth-order valence-corrected chi connectivity index (χ4v) is 5.03. The van der Waals surface area contributed by atoms with Crippen LogP contribution in [0, 0.1) is 0 Å². The second kappa shape index (κ2) is 7.64. The number of amides is 1. The van der Waals surface area contributed by atoms with Crippen molar-refractivity contribution in [3.8, 4) is 0 Å². The second-order valence-electron chi connectivity index (χ2n) is 7.91. The zero-order valence-electron chi connectivity index (χ0n) is 16.1. The van der Waals surface area contributed by atoms with Crippen LogP contribution in [-0.4, -0.2) is 71.0 Å². The highest BCUT2D eigenvalue weighted by molar-refractivity contribution is 5.67. The molecule has 1 spiro atoms. The van der Waals surface area contributed by atoms with Crippen LogP contribution in [0.4, 0.5) is 10.5 Å². The van der Waals surface area contributed by atoms with Gasteiger partial charge >= 0.3 is 6.09 Å². The van der Waals surface area contributed by atoms with Crippen LogP contribution < -0.4 is 5.32 Å². The summed E-state index contributed by atoms with van der Waals surface area (Å²) >= 11 is 0. The molecule has 3 heterocycles. The lowest BCUT2D eigenvalue weighted by atomic mass is 9.70. The molecule has 2 N–H and O–H groups in total. The number of carbonyl (C=O) groups excluding carboxylic acids is 1. The Morgan fingerprint density at radius 2 is 2.15 bits per heavy atom. The van der Waals surface area contributed by atoms with Crippen molar-refractivity contribution in [3.05, 3.63) is 24.0 Å². The molecule has 148 valence electrons. The molecule has 7 heteroatoms. The number of hydrogen-bond donors (Lipinski definition) is 2. The Hall–Kier alpha value is -1.86. The molecule has 2 aliphatic heterocycles. The van der Waals surface area contributed by atoms with E-state index >= 15 is 0 Å². The molecule has 1 saturated carbocycles. The second-order valence-corrected chi connectivity index (χ2v) is 7.91.